The molecule has 4 heteroatoms. The van der Waals surface area contributed by atoms with Gasteiger partial charge in [-0.05, 0) is 45.1 Å². The van der Waals surface area contributed by atoms with E-state index < -0.39 is 14.6 Å². The van der Waals surface area contributed by atoms with Gasteiger partial charge in [0, 0.05) is 12.3 Å². The number of rotatable bonds is 6. The van der Waals surface area contributed by atoms with Crippen LogP contribution in [0.1, 0.15) is 59.8 Å². The summed E-state index contributed by atoms with van der Waals surface area (Å²) in [5.41, 5.74) is 0. The van der Waals surface area contributed by atoms with Crippen LogP contribution in [0.25, 0.3) is 0 Å². The molecule has 0 amide bonds. The van der Waals surface area contributed by atoms with Gasteiger partial charge in [0.2, 0.25) is 0 Å². The van der Waals surface area contributed by atoms with E-state index in [-0.39, 0.29) is 6.04 Å². The second-order valence-electron chi connectivity index (χ2n) is 6.61. The molecular weight excluding hydrogens is 258 g/mol. The fourth-order valence-corrected chi connectivity index (χ4v) is 4.17. The summed E-state index contributed by atoms with van der Waals surface area (Å²) in [5, 5.41) is 3.46. The Morgan fingerprint density at radius 3 is 2.37 bits per heavy atom. The summed E-state index contributed by atoms with van der Waals surface area (Å²) < 4.78 is 23.6. The van der Waals surface area contributed by atoms with Gasteiger partial charge in [0.25, 0.3) is 0 Å². The Labute approximate surface area is 119 Å². The fourth-order valence-electron chi connectivity index (χ4n) is 3.44. The van der Waals surface area contributed by atoms with Crippen molar-refractivity contribution in [1.82, 2.24) is 5.32 Å². The monoisotopic (exact) mass is 289 g/mol. The van der Waals surface area contributed by atoms with Gasteiger partial charge in [0.1, 0.15) is 0 Å². The molecule has 0 spiro atoms. The number of hydrogen-bond donors (Lipinski definition) is 1. The van der Waals surface area contributed by atoms with Crippen LogP contribution >= 0.6 is 0 Å². The van der Waals surface area contributed by atoms with Gasteiger partial charge in [-0.2, -0.15) is 0 Å². The highest BCUT2D eigenvalue weighted by Crippen LogP contribution is 2.37. The van der Waals surface area contributed by atoms with Gasteiger partial charge in [0.05, 0.1) is 4.75 Å². The van der Waals surface area contributed by atoms with Gasteiger partial charge >= 0.3 is 0 Å². The molecule has 3 unspecified atom stereocenters. The van der Waals surface area contributed by atoms with E-state index in [1.165, 1.54) is 31.9 Å². The van der Waals surface area contributed by atoms with Crippen molar-refractivity contribution < 1.29 is 8.42 Å². The quantitative estimate of drug-likeness (QED) is 0.817. The van der Waals surface area contributed by atoms with Crippen molar-refractivity contribution in [2.24, 2.45) is 11.8 Å². The van der Waals surface area contributed by atoms with Crippen molar-refractivity contribution in [2.75, 3.05) is 12.8 Å². The summed E-state index contributed by atoms with van der Waals surface area (Å²) in [4.78, 5) is 0. The Hall–Kier alpha value is -0.0900. The third kappa shape index (κ3) is 3.94. The summed E-state index contributed by atoms with van der Waals surface area (Å²) in [6, 6.07) is 0.0712. The Morgan fingerprint density at radius 1 is 1.26 bits per heavy atom. The molecule has 114 valence electrons. The van der Waals surface area contributed by atoms with Gasteiger partial charge in [-0.3, -0.25) is 0 Å². The highest BCUT2D eigenvalue weighted by atomic mass is 32.2. The minimum atomic E-state index is -3.06. The standard InChI is InChI=1S/C15H31NO2S/c1-6-12-9-8-10-13(11-12)14(16-7-2)15(3,4)19(5,17)18/h12-14,16H,6-11H2,1-5H3. The van der Waals surface area contributed by atoms with Gasteiger partial charge in [-0.15, -0.1) is 0 Å². The second kappa shape index (κ2) is 6.57. The van der Waals surface area contributed by atoms with Crippen LogP contribution in [0.15, 0.2) is 0 Å². The van der Waals surface area contributed by atoms with Gasteiger partial charge in [-0.25, -0.2) is 8.42 Å². The van der Waals surface area contributed by atoms with Gasteiger partial charge in [0.15, 0.2) is 9.84 Å². The Bertz CT molecular complexity index is 376. The molecule has 1 aliphatic rings. The first-order valence-electron chi connectivity index (χ1n) is 7.67. The van der Waals surface area contributed by atoms with E-state index in [0.29, 0.717) is 5.92 Å². The van der Waals surface area contributed by atoms with Crippen LogP contribution in [0.2, 0.25) is 0 Å². The SMILES string of the molecule is CCNC(C1CCCC(CC)C1)C(C)(C)S(C)(=O)=O. The lowest BCUT2D eigenvalue weighted by Crippen LogP contribution is -2.56. The lowest BCUT2D eigenvalue weighted by molar-refractivity contribution is 0.187. The molecule has 3 atom stereocenters. The lowest BCUT2D eigenvalue weighted by Gasteiger charge is -2.42. The van der Waals surface area contributed by atoms with Crippen molar-refractivity contribution in [3.63, 3.8) is 0 Å². The molecule has 0 radical (unpaired) electrons. The zero-order valence-corrected chi connectivity index (χ0v) is 14.0. The summed E-state index contributed by atoms with van der Waals surface area (Å²) in [5.74, 6) is 1.26. The van der Waals surface area contributed by atoms with E-state index in [9.17, 15) is 8.42 Å². The minimum Gasteiger partial charge on any atom is -0.312 e. The molecular formula is C15H31NO2S. The normalized spacial score (nSPS) is 27.2. The molecule has 19 heavy (non-hydrogen) atoms. The maximum Gasteiger partial charge on any atom is 0.154 e. The third-order valence-electron chi connectivity index (χ3n) is 5.00. The van der Waals surface area contributed by atoms with Crippen LogP contribution < -0.4 is 5.32 Å². The van der Waals surface area contributed by atoms with Crippen LogP contribution in [-0.4, -0.2) is 32.0 Å². The first kappa shape index (κ1) is 17.0. The molecule has 0 aliphatic heterocycles. The van der Waals surface area contributed by atoms with Crippen molar-refractivity contribution in [3.8, 4) is 0 Å². The van der Waals surface area contributed by atoms with E-state index in [4.69, 9.17) is 0 Å². The van der Waals surface area contributed by atoms with E-state index in [2.05, 4.69) is 19.2 Å². The van der Waals surface area contributed by atoms with Crippen LogP contribution in [0.4, 0.5) is 0 Å². The van der Waals surface area contributed by atoms with Crippen LogP contribution in [0, 0.1) is 11.8 Å². The molecule has 0 aromatic rings. The molecule has 3 nitrogen and oxygen atoms in total. The topological polar surface area (TPSA) is 46.2 Å². The van der Waals surface area contributed by atoms with Crippen LogP contribution in [-0.2, 0) is 9.84 Å². The first-order chi connectivity index (χ1) is 8.74. The summed E-state index contributed by atoms with van der Waals surface area (Å²) in [7, 11) is -3.06. The van der Waals surface area contributed by atoms with Crippen molar-refractivity contribution in [2.45, 2.75) is 70.6 Å². The summed E-state index contributed by atoms with van der Waals surface area (Å²) >= 11 is 0. The first-order valence-corrected chi connectivity index (χ1v) is 9.56. The molecule has 0 bridgehead atoms. The zero-order chi connectivity index (χ0) is 14.7. The fraction of sp³-hybridized carbons (Fsp3) is 1.00. The molecule has 1 aliphatic carbocycles. The maximum absolute atomic E-state index is 12.1. The smallest absolute Gasteiger partial charge is 0.154 e. The molecule has 0 heterocycles. The molecule has 0 aromatic carbocycles. The summed E-state index contributed by atoms with van der Waals surface area (Å²) in [6.07, 6.45) is 7.47. The van der Waals surface area contributed by atoms with Crippen LogP contribution in [0.3, 0.4) is 0 Å². The Morgan fingerprint density at radius 2 is 1.89 bits per heavy atom. The maximum atomic E-state index is 12.1. The van der Waals surface area contributed by atoms with Crippen molar-refractivity contribution in [3.05, 3.63) is 0 Å². The molecule has 0 saturated heterocycles. The second-order valence-corrected chi connectivity index (χ2v) is 9.21. The highest BCUT2D eigenvalue weighted by Gasteiger charge is 2.43. The van der Waals surface area contributed by atoms with Crippen molar-refractivity contribution >= 4 is 9.84 Å². The highest BCUT2D eigenvalue weighted by molar-refractivity contribution is 7.92. The molecule has 1 N–H and O–H groups in total. The number of sulfone groups is 1. The molecule has 1 saturated carbocycles. The molecule has 1 rings (SSSR count). The minimum absolute atomic E-state index is 0.0712. The number of hydrogen-bond acceptors (Lipinski definition) is 3. The predicted molar refractivity (Wildman–Crippen MR) is 82.1 cm³/mol. The number of nitrogens with one attached hydrogen (secondary N) is 1. The van der Waals surface area contributed by atoms with Crippen molar-refractivity contribution in [1.29, 1.82) is 0 Å². The zero-order valence-electron chi connectivity index (χ0n) is 13.2. The average molecular weight is 289 g/mol. The molecule has 1 fully saturated rings. The molecule has 0 aromatic heterocycles. The Balaban J connectivity index is 2.94. The van der Waals surface area contributed by atoms with Crippen LogP contribution in [0.5, 0.6) is 0 Å². The predicted octanol–water partition coefficient (Wildman–Crippen LogP) is 3.00. The Kier molecular flexibility index (Phi) is 5.87. The largest absolute Gasteiger partial charge is 0.312 e. The van der Waals surface area contributed by atoms with E-state index in [1.54, 1.807) is 0 Å². The average Bonchev–Trinajstić information content (AvgIpc) is 2.34. The van der Waals surface area contributed by atoms with E-state index in [0.717, 1.165) is 18.9 Å². The summed E-state index contributed by atoms with van der Waals surface area (Å²) in [6.45, 7) is 8.90. The lowest BCUT2D eigenvalue weighted by atomic mass is 9.74. The van der Waals surface area contributed by atoms with E-state index >= 15 is 0 Å². The third-order valence-corrected chi connectivity index (χ3v) is 7.17. The van der Waals surface area contributed by atoms with E-state index in [1.807, 2.05) is 13.8 Å². The van der Waals surface area contributed by atoms with Gasteiger partial charge in [-0.1, -0.05) is 33.1 Å². The van der Waals surface area contributed by atoms with Gasteiger partial charge < -0.3 is 5.32 Å².